The van der Waals surface area contributed by atoms with E-state index in [0.29, 0.717) is 76.8 Å². The van der Waals surface area contributed by atoms with E-state index in [4.69, 9.17) is 20.7 Å². The quantitative estimate of drug-likeness (QED) is 0.106. The zero-order valence-electron chi connectivity index (χ0n) is 32.2. The number of alkyl halides is 2. The van der Waals surface area contributed by atoms with Crippen molar-refractivity contribution in [3.8, 4) is 11.1 Å². The summed E-state index contributed by atoms with van der Waals surface area (Å²) in [7, 11) is 0. The van der Waals surface area contributed by atoms with Gasteiger partial charge in [0.05, 0.1) is 32.7 Å². The summed E-state index contributed by atoms with van der Waals surface area (Å²) in [6, 6.07) is 16.2. The number of benzene rings is 3. The third-order valence-corrected chi connectivity index (χ3v) is 12.7. The number of aromatic amines is 1. The third kappa shape index (κ3) is 7.38. The number of hydrogen-bond donors (Lipinski definition) is 2. The van der Waals surface area contributed by atoms with Gasteiger partial charge in [0.2, 0.25) is 5.95 Å². The topological polar surface area (TPSA) is 151 Å². The number of H-pyrrole nitrogens is 1. The molecule has 2 unspecified atom stereocenters. The highest BCUT2D eigenvalue weighted by Gasteiger charge is 2.46. The number of fused-ring (bicyclic) bond motifs is 5. The van der Waals surface area contributed by atoms with E-state index >= 15 is 0 Å². The number of para-hydroxylation sites is 2. The first-order valence-corrected chi connectivity index (χ1v) is 20.6. The van der Waals surface area contributed by atoms with E-state index in [9.17, 15) is 31.5 Å². The zero-order chi connectivity index (χ0) is 42.1. The van der Waals surface area contributed by atoms with Crippen LogP contribution in [-0.4, -0.2) is 73.4 Å². The van der Waals surface area contributed by atoms with Gasteiger partial charge in [-0.3, -0.25) is 14.3 Å². The van der Waals surface area contributed by atoms with Gasteiger partial charge in [-0.15, -0.1) is 0 Å². The molecule has 2 fully saturated rings. The molecule has 5 heterocycles. The second-order valence-electron chi connectivity index (χ2n) is 15.6. The Labute approximate surface area is 348 Å². The first-order chi connectivity index (χ1) is 29.4. The number of aromatic nitrogens is 6. The number of halogens is 5. The lowest BCUT2D eigenvalue weighted by molar-refractivity contribution is -0.118. The minimum absolute atomic E-state index is 0.0241. The van der Waals surface area contributed by atoms with E-state index in [-0.39, 0.29) is 40.6 Å². The molecule has 0 radical (unpaired) electrons. The Morgan fingerprint density at radius 2 is 1.70 bits per heavy atom. The van der Waals surface area contributed by atoms with Gasteiger partial charge < -0.3 is 20.5 Å². The number of anilines is 2. The number of carbonyl (C=O) groups is 2. The summed E-state index contributed by atoms with van der Waals surface area (Å²) in [4.78, 5) is 53.0. The lowest BCUT2D eigenvalue weighted by Crippen LogP contribution is -2.46. The van der Waals surface area contributed by atoms with E-state index in [1.807, 2.05) is 24.3 Å². The predicted molar refractivity (Wildman–Crippen MR) is 220 cm³/mol. The third-order valence-electron chi connectivity index (χ3n) is 11.6. The van der Waals surface area contributed by atoms with E-state index in [0.717, 1.165) is 48.0 Å². The van der Waals surface area contributed by atoms with Gasteiger partial charge in [0.25, 0.3) is 18.2 Å². The monoisotopic (exact) mass is 850 g/mol. The van der Waals surface area contributed by atoms with Crippen LogP contribution in [0.4, 0.5) is 33.0 Å². The Hall–Kier alpha value is -6.56. The number of nitrogens with two attached hydrogens (primary N) is 1. The number of amides is 2. The number of aliphatic imine (C=N–C) groups is 1. The fourth-order valence-electron chi connectivity index (χ4n) is 8.63. The number of carbonyl (C=O) groups excluding carboxylic acids is 2. The average molecular weight is 851 g/mol. The molecule has 2 atom stereocenters. The number of imidazole rings is 1. The molecule has 18 heteroatoms. The molecule has 310 valence electrons. The largest absolute Gasteiger partial charge is 0.366 e. The molecule has 61 heavy (non-hydrogen) atoms. The standard InChI is InChI=1S/C43H35F5N10O2S/c44-24-13-21(14-25(45)18-24)15-33(50-35(59)20-58-38-26(37(55-58)39(47)48)7-5-23-16-28(23)38)36-27(22-6-8-30(46)29(17-22)40(49)60)19-34-41(53-36)54-43(61-34)57-11-9-56(10-12-57)42-51-31-3-1-2-4-32(31)52-42/h1-4,6,8,13-14,17-19,23,28,39H,5,7,9-12,15-16,20H2,(H2,49,60)(H,51,52). The maximum absolute atomic E-state index is 14.9. The van der Waals surface area contributed by atoms with Gasteiger partial charge in [0.15, 0.2) is 10.8 Å². The predicted octanol–water partition coefficient (Wildman–Crippen LogP) is 7.52. The van der Waals surface area contributed by atoms with Gasteiger partial charge in [0, 0.05) is 61.4 Å². The number of rotatable bonds is 10. The fraction of sp³-hybridized carbons (Fsp3) is 0.279. The second-order valence-corrected chi connectivity index (χ2v) is 16.6. The van der Waals surface area contributed by atoms with Crippen LogP contribution in [0.5, 0.6) is 0 Å². The maximum atomic E-state index is 14.9. The van der Waals surface area contributed by atoms with E-state index < -0.39 is 47.8 Å². The molecule has 2 amide bonds. The molecule has 3 N–H and O–H groups in total. The molecule has 7 aromatic rings. The Balaban J connectivity index is 1.05. The summed E-state index contributed by atoms with van der Waals surface area (Å²) in [5, 5.41) is 4.83. The van der Waals surface area contributed by atoms with Gasteiger partial charge in [-0.05, 0) is 78.8 Å². The number of pyridine rings is 1. The van der Waals surface area contributed by atoms with Crippen molar-refractivity contribution in [1.82, 2.24) is 29.7 Å². The average Bonchev–Trinajstić information content (AvgIpc) is 3.52. The molecular formula is C43H35F5N10O2S. The van der Waals surface area contributed by atoms with E-state index in [1.54, 1.807) is 6.07 Å². The first-order valence-electron chi connectivity index (χ1n) is 19.7. The summed E-state index contributed by atoms with van der Waals surface area (Å²) in [5.41, 5.74) is 8.72. The molecule has 3 aromatic carbocycles. The molecule has 1 saturated carbocycles. The van der Waals surface area contributed by atoms with Crippen molar-refractivity contribution in [2.45, 2.75) is 44.6 Å². The Morgan fingerprint density at radius 1 is 0.934 bits per heavy atom. The zero-order valence-corrected chi connectivity index (χ0v) is 33.0. The molecule has 12 nitrogen and oxygen atoms in total. The van der Waals surface area contributed by atoms with Crippen molar-refractivity contribution < 1.29 is 31.5 Å². The summed E-state index contributed by atoms with van der Waals surface area (Å²) < 4.78 is 74.3. The Kier molecular flexibility index (Phi) is 9.60. The van der Waals surface area contributed by atoms with Gasteiger partial charge in [-0.25, -0.2) is 36.9 Å². The van der Waals surface area contributed by atoms with Crippen LogP contribution in [0.1, 0.15) is 63.8 Å². The van der Waals surface area contributed by atoms with Crippen LogP contribution in [0.2, 0.25) is 0 Å². The van der Waals surface area contributed by atoms with Crippen LogP contribution in [0.15, 0.2) is 71.7 Å². The van der Waals surface area contributed by atoms with E-state index in [1.165, 1.54) is 28.2 Å². The van der Waals surface area contributed by atoms with Gasteiger partial charge in [0.1, 0.15) is 29.7 Å². The summed E-state index contributed by atoms with van der Waals surface area (Å²) >= 11 is 1.36. The Bertz CT molecular complexity index is 2880. The smallest absolute Gasteiger partial charge is 0.282 e. The van der Waals surface area contributed by atoms with Crippen molar-refractivity contribution in [2.75, 3.05) is 36.0 Å². The normalized spacial score (nSPS) is 17.6. The van der Waals surface area contributed by atoms with Crippen molar-refractivity contribution in [3.63, 3.8) is 0 Å². The molecule has 4 aromatic heterocycles. The van der Waals surface area contributed by atoms with Crippen molar-refractivity contribution in [2.24, 2.45) is 16.6 Å². The number of thiazole rings is 1. The number of nitrogens with one attached hydrogen (secondary N) is 1. The Morgan fingerprint density at radius 3 is 2.46 bits per heavy atom. The molecule has 0 spiro atoms. The van der Waals surface area contributed by atoms with Crippen LogP contribution in [0, 0.1) is 23.4 Å². The van der Waals surface area contributed by atoms with Crippen molar-refractivity contribution >= 4 is 61.3 Å². The van der Waals surface area contributed by atoms with Crippen LogP contribution in [-0.2, 0) is 24.2 Å². The molecular weight excluding hydrogens is 816 g/mol. The molecule has 0 bridgehead atoms. The first kappa shape index (κ1) is 38.6. The molecule has 10 rings (SSSR count). The number of hydrogen-bond acceptors (Lipinski definition) is 9. The van der Waals surface area contributed by atoms with E-state index in [2.05, 4.69) is 24.9 Å². The highest BCUT2D eigenvalue weighted by atomic mass is 32.1. The summed E-state index contributed by atoms with van der Waals surface area (Å²) in [5.74, 6) is -3.22. The van der Waals surface area contributed by atoms with Crippen molar-refractivity contribution in [3.05, 3.63) is 118 Å². The lowest BCUT2D eigenvalue weighted by atomic mass is 9.95. The second kappa shape index (κ2) is 15.2. The fourth-order valence-corrected chi connectivity index (χ4v) is 9.63. The van der Waals surface area contributed by atoms with Crippen LogP contribution >= 0.6 is 11.3 Å². The SMILES string of the molecule is NC(=O)c1cc(-c2cc3sc(N4CCN(c5nc6ccccc6[nH]5)CC4)nc3nc2C(Cc2cc(F)cc(F)c2)=NC(=O)Cn2nc(C(F)F)c3c2C2CC2CC3)ccc1F. The molecule has 3 aliphatic rings. The molecule has 1 saturated heterocycles. The molecule has 1 aliphatic heterocycles. The minimum atomic E-state index is -2.83. The van der Waals surface area contributed by atoms with Gasteiger partial charge in [-0.2, -0.15) is 10.1 Å². The molecule has 2 aliphatic carbocycles. The van der Waals surface area contributed by atoms with Crippen LogP contribution in [0.3, 0.4) is 0 Å². The van der Waals surface area contributed by atoms with Crippen LogP contribution in [0.25, 0.3) is 32.5 Å². The highest BCUT2D eigenvalue weighted by Crippen LogP contribution is 2.55. The van der Waals surface area contributed by atoms with Crippen molar-refractivity contribution in [1.29, 1.82) is 0 Å². The van der Waals surface area contributed by atoms with Crippen LogP contribution < -0.4 is 15.5 Å². The number of nitrogens with zero attached hydrogens (tertiary/aromatic N) is 8. The number of piperazine rings is 1. The minimum Gasteiger partial charge on any atom is -0.366 e. The van der Waals surface area contributed by atoms with Gasteiger partial charge in [-0.1, -0.05) is 29.5 Å². The summed E-state index contributed by atoms with van der Waals surface area (Å²) in [6.45, 7) is 2.03. The number of primary amides is 1. The lowest BCUT2D eigenvalue weighted by Gasteiger charge is -2.34. The van der Waals surface area contributed by atoms with Gasteiger partial charge >= 0.3 is 0 Å². The summed E-state index contributed by atoms with van der Waals surface area (Å²) in [6.07, 6.45) is -1.10. The highest BCUT2D eigenvalue weighted by molar-refractivity contribution is 7.22. The maximum Gasteiger partial charge on any atom is 0.282 e.